The van der Waals surface area contributed by atoms with Crippen molar-refractivity contribution in [2.45, 2.75) is 31.7 Å². The second-order valence-corrected chi connectivity index (χ2v) is 5.64. The lowest BCUT2D eigenvalue weighted by Gasteiger charge is -2.10. The lowest BCUT2D eigenvalue weighted by molar-refractivity contribution is -0.139. The molecule has 0 saturated heterocycles. The first kappa shape index (κ1) is 15.8. The third kappa shape index (κ3) is 4.72. The summed E-state index contributed by atoms with van der Waals surface area (Å²) in [5.74, 6) is -1.44. The zero-order valence-electron chi connectivity index (χ0n) is 11.2. The van der Waals surface area contributed by atoms with E-state index >= 15 is 0 Å². The molecule has 7 heteroatoms. The maximum atomic E-state index is 11.6. The number of nitrogens with one attached hydrogen (secondary N) is 2. The molecule has 0 bridgehead atoms. The highest BCUT2D eigenvalue weighted by atomic mass is 35.5. The van der Waals surface area contributed by atoms with Crippen LogP contribution in [0.1, 0.15) is 31.2 Å². The molecular weight excluding hydrogens is 313 g/mol. The fraction of sp³-hybridized carbons (Fsp3) is 0.357. The van der Waals surface area contributed by atoms with Crippen LogP contribution in [0.3, 0.4) is 0 Å². The van der Waals surface area contributed by atoms with Crippen molar-refractivity contribution >= 4 is 41.2 Å². The van der Waals surface area contributed by atoms with Gasteiger partial charge < -0.3 is 5.32 Å². The van der Waals surface area contributed by atoms with Crippen LogP contribution in [-0.2, 0) is 9.59 Å². The van der Waals surface area contributed by atoms with Crippen LogP contribution in [0.4, 0.5) is 0 Å². The van der Waals surface area contributed by atoms with E-state index in [4.69, 9.17) is 23.2 Å². The van der Waals surface area contributed by atoms with Crippen molar-refractivity contribution in [1.29, 1.82) is 0 Å². The first-order valence-electron chi connectivity index (χ1n) is 6.65. The summed E-state index contributed by atoms with van der Waals surface area (Å²) in [4.78, 5) is 23.2. The van der Waals surface area contributed by atoms with Gasteiger partial charge in [-0.3, -0.25) is 9.59 Å². The number of hydrogen-bond donors (Lipinski definition) is 2. The van der Waals surface area contributed by atoms with Crippen molar-refractivity contribution in [1.82, 2.24) is 10.7 Å². The quantitative estimate of drug-likeness (QED) is 0.508. The normalized spacial score (nSPS) is 15.3. The molecule has 1 aliphatic rings. The van der Waals surface area contributed by atoms with Crippen LogP contribution >= 0.6 is 23.2 Å². The first-order chi connectivity index (χ1) is 10.1. The van der Waals surface area contributed by atoms with E-state index in [0.717, 1.165) is 25.7 Å². The van der Waals surface area contributed by atoms with Gasteiger partial charge in [0.2, 0.25) is 0 Å². The zero-order valence-corrected chi connectivity index (χ0v) is 12.7. The van der Waals surface area contributed by atoms with Crippen molar-refractivity contribution in [3.05, 3.63) is 33.8 Å². The molecule has 2 rings (SSSR count). The lowest BCUT2D eigenvalue weighted by atomic mass is 10.2. The average Bonchev–Trinajstić information content (AvgIpc) is 2.95. The third-order valence-corrected chi connectivity index (χ3v) is 3.96. The summed E-state index contributed by atoms with van der Waals surface area (Å²) in [5.41, 5.74) is 2.85. The van der Waals surface area contributed by atoms with Crippen LogP contribution in [0.2, 0.25) is 10.0 Å². The molecule has 2 N–H and O–H groups in total. The Morgan fingerprint density at radius 1 is 1.14 bits per heavy atom. The van der Waals surface area contributed by atoms with Crippen molar-refractivity contribution in [3.8, 4) is 0 Å². The summed E-state index contributed by atoms with van der Waals surface area (Å²) < 4.78 is 0. The number of nitrogens with zero attached hydrogens (tertiary/aromatic N) is 1. The standard InChI is InChI=1S/C14H15Cl2N3O2/c15-11-6-5-9(7-12(11)16)8-17-19-14(21)13(20)18-10-3-1-2-4-10/h5-8,10H,1-4H2,(H,18,20)(H,19,21)/b17-8+. The average molecular weight is 328 g/mol. The molecule has 0 heterocycles. The summed E-state index contributed by atoms with van der Waals surface area (Å²) >= 11 is 11.6. The van der Waals surface area contributed by atoms with E-state index in [1.807, 2.05) is 0 Å². The molecule has 21 heavy (non-hydrogen) atoms. The molecule has 0 aliphatic heterocycles. The van der Waals surface area contributed by atoms with Crippen molar-refractivity contribution in [2.24, 2.45) is 5.10 Å². The molecule has 0 atom stereocenters. The smallest absolute Gasteiger partial charge is 0.329 e. The number of rotatable bonds is 3. The van der Waals surface area contributed by atoms with Gasteiger partial charge in [-0.05, 0) is 30.5 Å². The van der Waals surface area contributed by atoms with E-state index in [2.05, 4.69) is 15.8 Å². The SMILES string of the molecule is O=C(N/N=C/c1ccc(Cl)c(Cl)c1)C(=O)NC1CCCC1. The van der Waals surface area contributed by atoms with Crippen molar-refractivity contribution < 1.29 is 9.59 Å². The van der Waals surface area contributed by atoms with Crippen LogP contribution in [-0.4, -0.2) is 24.1 Å². The molecule has 1 aliphatic carbocycles. The van der Waals surface area contributed by atoms with Gasteiger partial charge in [0.1, 0.15) is 0 Å². The lowest BCUT2D eigenvalue weighted by Crippen LogP contribution is -2.42. The number of halogens is 2. The van der Waals surface area contributed by atoms with E-state index in [1.54, 1.807) is 18.2 Å². The molecule has 5 nitrogen and oxygen atoms in total. The van der Waals surface area contributed by atoms with Gasteiger partial charge in [0.25, 0.3) is 0 Å². The number of carbonyl (C=O) groups excluding carboxylic acids is 2. The maximum absolute atomic E-state index is 11.6. The molecule has 2 amide bonds. The fourth-order valence-electron chi connectivity index (χ4n) is 2.13. The predicted octanol–water partition coefficient (Wildman–Crippen LogP) is 2.50. The van der Waals surface area contributed by atoms with Gasteiger partial charge in [0, 0.05) is 6.04 Å². The molecule has 0 radical (unpaired) electrons. The minimum absolute atomic E-state index is 0.0994. The Morgan fingerprint density at radius 3 is 2.52 bits per heavy atom. The second kappa shape index (κ2) is 7.43. The van der Waals surface area contributed by atoms with E-state index in [9.17, 15) is 9.59 Å². The van der Waals surface area contributed by atoms with Crippen LogP contribution < -0.4 is 10.7 Å². The summed E-state index contributed by atoms with van der Waals surface area (Å²) in [7, 11) is 0. The Labute approximate surface area is 132 Å². The van der Waals surface area contributed by atoms with Gasteiger partial charge in [-0.2, -0.15) is 5.10 Å². The molecule has 0 unspecified atom stereocenters. The Hall–Kier alpha value is -1.59. The number of hydrogen-bond acceptors (Lipinski definition) is 3. The van der Waals surface area contributed by atoms with Gasteiger partial charge in [0.15, 0.2) is 0 Å². The van der Waals surface area contributed by atoms with E-state index in [0.29, 0.717) is 15.6 Å². The monoisotopic (exact) mass is 327 g/mol. The molecule has 1 aromatic carbocycles. The second-order valence-electron chi connectivity index (χ2n) is 4.83. The number of hydrazone groups is 1. The van der Waals surface area contributed by atoms with Gasteiger partial charge in [-0.25, -0.2) is 5.43 Å². The largest absolute Gasteiger partial charge is 0.345 e. The fourth-order valence-corrected chi connectivity index (χ4v) is 2.44. The molecule has 1 aromatic rings. The Bertz CT molecular complexity index is 569. The van der Waals surface area contributed by atoms with Crippen LogP contribution in [0.15, 0.2) is 23.3 Å². The zero-order chi connectivity index (χ0) is 15.2. The molecular formula is C14H15Cl2N3O2. The molecule has 0 aromatic heterocycles. The van der Waals surface area contributed by atoms with Crippen LogP contribution in [0, 0.1) is 0 Å². The number of amides is 2. The summed E-state index contributed by atoms with van der Waals surface area (Å²) in [5, 5.41) is 7.23. The predicted molar refractivity (Wildman–Crippen MR) is 82.6 cm³/mol. The minimum atomic E-state index is -0.779. The van der Waals surface area contributed by atoms with Crippen LogP contribution in [0.5, 0.6) is 0 Å². The maximum Gasteiger partial charge on any atom is 0.329 e. The van der Waals surface area contributed by atoms with Crippen molar-refractivity contribution in [3.63, 3.8) is 0 Å². The first-order valence-corrected chi connectivity index (χ1v) is 7.41. The molecule has 1 saturated carbocycles. The summed E-state index contributed by atoms with van der Waals surface area (Å²) in [6.45, 7) is 0. The van der Waals surface area contributed by atoms with Gasteiger partial charge in [-0.15, -0.1) is 0 Å². The molecule has 1 fully saturated rings. The number of benzene rings is 1. The molecule has 0 spiro atoms. The minimum Gasteiger partial charge on any atom is -0.345 e. The summed E-state index contributed by atoms with van der Waals surface area (Å²) in [6.07, 6.45) is 5.41. The van der Waals surface area contributed by atoms with Gasteiger partial charge >= 0.3 is 11.8 Å². The van der Waals surface area contributed by atoms with E-state index in [-0.39, 0.29) is 6.04 Å². The van der Waals surface area contributed by atoms with Crippen LogP contribution in [0.25, 0.3) is 0 Å². The van der Waals surface area contributed by atoms with E-state index < -0.39 is 11.8 Å². The van der Waals surface area contributed by atoms with Crippen molar-refractivity contribution in [2.75, 3.05) is 0 Å². The summed E-state index contributed by atoms with van der Waals surface area (Å²) in [6, 6.07) is 5.03. The Balaban J connectivity index is 1.83. The van der Waals surface area contributed by atoms with Gasteiger partial charge in [-0.1, -0.05) is 42.1 Å². The van der Waals surface area contributed by atoms with Gasteiger partial charge in [0.05, 0.1) is 16.3 Å². The Morgan fingerprint density at radius 2 is 1.86 bits per heavy atom. The topological polar surface area (TPSA) is 70.6 Å². The highest BCUT2D eigenvalue weighted by molar-refractivity contribution is 6.42. The van der Waals surface area contributed by atoms with E-state index in [1.165, 1.54) is 6.21 Å². The number of carbonyl (C=O) groups is 2. The highest BCUT2D eigenvalue weighted by Crippen LogP contribution is 2.21. The highest BCUT2D eigenvalue weighted by Gasteiger charge is 2.20. The Kier molecular flexibility index (Phi) is 5.59. The third-order valence-electron chi connectivity index (χ3n) is 3.22. The molecule has 112 valence electrons.